The van der Waals surface area contributed by atoms with E-state index in [1.54, 1.807) is 31.4 Å². The number of carbonyl (C=O) groups excluding carboxylic acids is 1. The van der Waals surface area contributed by atoms with Crippen LogP contribution in [0.5, 0.6) is 5.75 Å². The predicted octanol–water partition coefficient (Wildman–Crippen LogP) is 1.52. The van der Waals surface area contributed by atoms with Gasteiger partial charge in [-0.25, -0.2) is 4.79 Å². The van der Waals surface area contributed by atoms with E-state index in [2.05, 4.69) is 4.74 Å². The predicted molar refractivity (Wildman–Crippen MR) is 66.0 cm³/mol. The molecule has 0 aromatic heterocycles. The van der Waals surface area contributed by atoms with Crippen LogP contribution in [0.1, 0.15) is 10.4 Å². The summed E-state index contributed by atoms with van der Waals surface area (Å²) in [6.45, 7) is 1.90. The molecule has 0 heterocycles. The van der Waals surface area contributed by atoms with Crippen LogP contribution in [0, 0.1) is 0 Å². The Morgan fingerprint density at radius 2 is 1.78 bits per heavy atom. The molecule has 0 N–H and O–H groups in total. The zero-order valence-corrected chi connectivity index (χ0v) is 10.7. The molecule has 0 radical (unpaired) electrons. The molecule has 0 fully saturated rings. The topological polar surface area (TPSA) is 54.0 Å². The van der Waals surface area contributed by atoms with Crippen LogP contribution in [-0.2, 0) is 14.2 Å². The second kappa shape index (κ2) is 8.49. The Morgan fingerprint density at radius 3 is 2.50 bits per heavy atom. The van der Waals surface area contributed by atoms with Gasteiger partial charge in [0.2, 0.25) is 0 Å². The molecule has 1 rings (SSSR count). The third-order valence-corrected chi connectivity index (χ3v) is 2.21. The highest BCUT2D eigenvalue weighted by atomic mass is 16.5. The molecular weight excluding hydrogens is 236 g/mol. The summed E-state index contributed by atoms with van der Waals surface area (Å²) in [5.74, 6) is 0.0885. The van der Waals surface area contributed by atoms with Gasteiger partial charge in [0.05, 0.1) is 26.9 Å². The monoisotopic (exact) mass is 254 g/mol. The number of rotatable bonds is 8. The number of para-hydroxylation sites is 1. The minimum absolute atomic E-state index is 0.373. The van der Waals surface area contributed by atoms with E-state index in [0.29, 0.717) is 37.7 Å². The average Bonchev–Trinajstić information content (AvgIpc) is 2.42. The summed E-state index contributed by atoms with van der Waals surface area (Å²) < 4.78 is 20.2. The maximum Gasteiger partial charge on any atom is 0.341 e. The lowest BCUT2D eigenvalue weighted by Crippen LogP contribution is -2.12. The molecule has 0 aliphatic carbocycles. The van der Waals surface area contributed by atoms with E-state index >= 15 is 0 Å². The number of carbonyl (C=O) groups is 1. The summed E-state index contributed by atoms with van der Waals surface area (Å²) in [5.41, 5.74) is 0.414. The quantitative estimate of drug-likeness (QED) is 0.520. The summed E-state index contributed by atoms with van der Waals surface area (Å²) in [7, 11) is 2.96. The van der Waals surface area contributed by atoms with E-state index in [9.17, 15) is 4.79 Å². The summed E-state index contributed by atoms with van der Waals surface area (Å²) in [4.78, 5) is 11.5. The molecule has 5 nitrogen and oxygen atoms in total. The molecule has 1 aromatic carbocycles. The SMILES string of the molecule is COCCOCCOc1ccccc1C(=O)OC. The largest absolute Gasteiger partial charge is 0.490 e. The Bertz CT molecular complexity index is 364. The van der Waals surface area contributed by atoms with E-state index in [1.165, 1.54) is 7.11 Å². The molecule has 0 saturated heterocycles. The van der Waals surface area contributed by atoms with Gasteiger partial charge in [-0.15, -0.1) is 0 Å². The molecule has 0 aliphatic heterocycles. The lowest BCUT2D eigenvalue weighted by Gasteiger charge is -2.10. The third-order valence-electron chi connectivity index (χ3n) is 2.21. The van der Waals surface area contributed by atoms with E-state index in [4.69, 9.17) is 14.2 Å². The number of methoxy groups -OCH3 is 2. The Balaban J connectivity index is 2.39. The van der Waals surface area contributed by atoms with Gasteiger partial charge in [0.15, 0.2) is 0 Å². The van der Waals surface area contributed by atoms with Gasteiger partial charge in [-0.1, -0.05) is 12.1 Å². The average molecular weight is 254 g/mol. The summed E-state index contributed by atoms with van der Waals surface area (Å²) >= 11 is 0. The zero-order chi connectivity index (χ0) is 13.2. The van der Waals surface area contributed by atoms with Crippen LogP contribution in [0.3, 0.4) is 0 Å². The molecule has 18 heavy (non-hydrogen) atoms. The van der Waals surface area contributed by atoms with Crippen molar-refractivity contribution in [1.82, 2.24) is 0 Å². The molecule has 0 spiro atoms. The maximum atomic E-state index is 11.5. The van der Waals surface area contributed by atoms with Crippen molar-refractivity contribution in [2.45, 2.75) is 0 Å². The normalized spacial score (nSPS) is 10.1. The van der Waals surface area contributed by atoms with Gasteiger partial charge < -0.3 is 18.9 Å². The molecule has 5 heteroatoms. The van der Waals surface area contributed by atoms with Gasteiger partial charge in [0.25, 0.3) is 0 Å². The maximum absolute atomic E-state index is 11.5. The van der Waals surface area contributed by atoms with Crippen molar-refractivity contribution in [2.24, 2.45) is 0 Å². The lowest BCUT2D eigenvalue weighted by molar-refractivity contribution is 0.0524. The highest BCUT2D eigenvalue weighted by molar-refractivity contribution is 5.92. The fourth-order valence-electron chi connectivity index (χ4n) is 1.33. The lowest BCUT2D eigenvalue weighted by atomic mass is 10.2. The molecule has 0 atom stereocenters. The van der Waals surface area contributed by atoms with Gasteiger partial charge in [-0.05, 0) is 12.1 Å². The van der Waals surface area contributed by atoms with Crippen molar-refractivity contribution in [2.75, 3.05) is 40.6 Å². The minimum atomic E-state index is -0.411. The van der Waals surface area contributed by atoms with E-state index < -0.39 is 5.97 Å². The van der Waals surface area contributed by atoms with E-state index in [0.717, 1.165) is 0 Å². The van der Waals surface area contributed by atoms with Crippen molar-refractivity contribution < 1.29 is 23.7 Å². The van der Waals surface area contributed by atoms with Crippen LogP contribution >= 0.6 is 0 Å². The van der Waals surface area contributed by atoms with Gasteiger partial charge >= 0.3 is 5.97 Å². The molecule has 1 aromatic rings. The fraction of sp³-hybridized carbons (Fsp3) is 0.462. The van der Waals surface area contributed by atoms with Crippen molar-refractivity contribution >= 4 is 5.97 Å². The molecule has 0 bridgehead atoms. The van der Waals surface area contributed by atoms with Crippen molar-refractivity contribution in [3.8, 4) is 5.75 Å². The standard InChI is InChI=1S/C13H18O5/c1-15-7-8-17-9-10-18-12-6-4-3-5-11(12)13(14)16-2/h3-6H,7-10H2,1-2H3. The molecule has 0 unspecified atom stereocenters. The first kappa shape index (κ1) is 14.5. The van der Waals surface area contributed by atoms with Crippen LogP contribution in [-0.4, -0.2) is 46.6 Å². The van der Waals surface area contributed by atoms with Gasteiger partial charge in [-0.3, -0.25) is 0 Å². The Morgan fingerprint density at radius 1 is 1.06 bits per heavy atom. The summed E-state index contributed by atoms with van der Waals surface area (Å²) in [5, 5.41) is 0. The van der Waals surface area contributed by atoms with Gasteiger partial charge in [0.1, 0.15) is 17.9 Å². The molecule has 100 valence electrons. The second-order valence-electron chi connectivity index (χ2n) is 3.44. The molecule has 0 amide bonds. The van der Waals surface area contributed by atoms with Crippen molar-refractivity contribution in [3.63, 3.8) is 0 Å². The van der Waals surface area contributed by atoms with Gasteiger partial charge in [-0.2, -0.15) is 0 Å². The second-order valence-corrected chi connectivity index (χ2v) is 3.44. The number of hydrogen-bond acceptors (Lipinski definition) is 5. The first-order valence-corrected chi connectivity index (χ1v) is 5.66. The number of benzene rings is 1. The van der Waals surface area contributed by atoms with Crippen LogP contribution in [0.15, 0.2) is 24.3 Å². The van der Waals surface area contributed by atoms with E-state index in [-0.39, 0.29) is 0 Å². The first-order chi connectivity index (χ1) is 8.79. The van der Waals surface area contributed by atoms with Crippen LogP contribution in [0.2, 0.25) is 0 Å². The number of hydrogen-bond donors (Lipinski definition) is 0. The van der Waals surface area contributed by atoms with Crippen molar-refractivity contribution in [1.29, 1.82) is 0 Å². The Kier molecular flexibility index (Phi) is 6.83. The minimum Gasteiger partial charge on any atom is -0.490 e. The third kappa shape index (κ3) is 4.73. The van der Waals surface area contributed by atoms with E-state index in [1.807, 2.05) is 0 Å². The zero-order valence-electron chi connectivity index (χ0n) is 10.7. The number of ether oxygens (including phenoxy) is 4. The molecule has 0 saturated carbocycles. The summed E-state index contributed by atoms with van der Waals surface area (Å²) in [6, 6.07) is 6.94. The smallest absolute Gasteiger partial charge is 0.341 e. The first-order valence-electron chi connectivity index (χ1n) is 5.66. The Labute approximate surface area is 107 Å². The van der Waals surface area contributed by atoms with Crippen LogP contribution in [0.4, 0.5) is 0 Å². The van der Waals surface area contributed by atoms with Crippen molar-refractivity contribution in [3.05, 3.63) is 29.8 Å². The molecular formula is C13H18O5. The Hall–Kier alpha value is -1.59. The highest BCUT2D eigenvalue weighted by Crippen LogP contribution is 2.18. The number of esters is 1. The molecule has 0 aliphatic rings. The highest BCUT2D eigenvalue weighted by Gasteiger charge is 2.11. The van der Waals surface area contributed by atoms with Gasteiger partial charge in [0, 0.05) is 7.11 Å². The van der Waals surface area contributed by atoms with Crippen LogP contribution < -0.4 is 4.74 Å². The summed E-state index contributed by atoms with van der Waals surface area (Å²) in [6.07, 6.45) is 0. The van der Waals surface area contributed by atoms with Crippen LogP contribution in [0.25, 0.3) is 0 Å². The fourth-order valence-corrected chi connectivity index (χ4v) is 1.33.